The van der Waals surface area contributed by atoms with Gasteiger partial charge in [-0.1, -0.05) is 24.3 Å². The van der Waals surface area contributed by atoms with Crippen molar-refractivity contribution in [1.29, 1.82) is 0 Å². The number of nitrogens with one attached hydrogen (secondary N) is 1. The molecular formula is C13H20N2O2. The molecule has 1 rings (SSSR count). The number of methoxy groups -OCH3 is 1. The number of ether oxygens (including phenoxy) is 1. The van der Waals surface area contributed by atoms with Crippen LogP contribution in [0.3, 0.4) is 0 Å². The van der Waals surface area contributed by atoms with Crippen molar-refractivity contribution in [3.63, 3.8) is 0 Å². The molecule has 4 nitrogen and oxygen atoms in total. The van der Waals surface area contributed by atoms with E-state index in [1.54, 1.807) is 0 Å². The number of carbonyl (C=O) groups is 1. The third-order valence-electron chi connectivity index (χ3n) is 2.55. The topological polar surface area (TPSA) is 64.3 Å². The molecule has 4 heteroatoms. The molecule has 0 aliphatic carbocycles. The summed E-state index contributed by atoms with van der Waals surface area (Å²) < 4.78 is 4.68. The molecule has 94 valence electrons. The number of carbonyl (C=O) groups excluding carboxylic acids is 1. The molecule has 0 unspecified atom stereocenters. The van der Waals surface area contributed by atoms with Crippen LogP contribution in [0, 0.1) is 0 Å². The monoisotopic (exact) mass is 236 g/mol. The van der Waals surface area contributed by atoms with E-state index in [9.17, 15) is 4.79 Å². The van der Waals surface area contributed by atoms with Crippen molar-refractivity contribution in [3.05, 3.63) is 35.4 Å². The number of esters is 1. The van der Waals surface area contributed by atoms with Gasteiger partial charge in [0.15, 0.2) is 0 Å². The Kier molecular flexibility index (Phi) is 6.29. The van der Waals surface area contributed by atoms with Crippen LogP contribution >= 0.6 is 0 Å². The van der Waals surface area contributed by atoms with E-state index in [1.165, 1.54) is 7.11 Å². The first-order valence-corrected chi connectivity index (χ1v) is 5.82. The lowest BCUT2D eigenvalue weighted by Gasteiger charge is -2.09. The van der Waals surface area contributed by atoms with Crippen LogP contribution in [0.1, 0.15) is 17.5 Å². The lowest BCUT2D eigenvalue weighted by Crippen LogP contribution is -2.19. The molecule has 0 saturated carbocycles. The second kappa shape index (κ2) is 7.81. The lowest BCUT2D eigenvalue weighted by molar-refractivity contribution is -0.139. The van der Waals surface area contributed by atoms with Crippen molar-refractivity contribution in [2.24, 2.45) is 5.73 Å². The number of rotatable bonds is 7. The van der Waals surface area contributed by atoms with Crippen LogP contribution in [0.25, 0.3) is 0 Å². The number of nitrogens with two attached hydrogens (primary N) is 1. The zero-order chi connectivity index (χ0) is 12.5. The average molecular weight is 236 g/mol. The Balaban J connectivity index is 2.54. The lowest BCUT2D eigenvalue weighted by atomic mass is 10.0. The molecule has 0 atom stereocenters. The van der Waals surface area contributed by atoms with E-state index in [2.05, 4.69) is 10.1 Å². The van der Waals surface area contributed by atoms with Gasteiger partial charge < -0.3 is 15.8 Å². The van der Waals surface area contributed by atoms with Crippen LogP contribution in [0.15, 0.2) is 24.3 Å². The van der Waals surface area contributed by atoms with E-state index in [4.69, 9.17) is 5.73 Å². The van der Waals surface area contributed by atoms with Crippen molar-refractivity contribution in [2.45, 2.75) is 19.4 Å². The Bertz CT molecular complexity index is 353. The highest BCUT2D eigenvalue weighted by molar-refractivity contribution is 5.72. The SMILES string of the molecule is COC(=O)Cc1ccccc1CNCCCN. The average Bonchev–Trinajstić information content (AvgIpc) is 2.36. The van der Waals surface area contributed by atoms with Gasteiger partial charge in [0.05, 0.1) is 13.5 Å². The molecule has 0 aromatic heterocycles. The summed E-state index contributed by atoms with van der Waals surface area (Å²) in [5, 5.41) is 3.30. The van der Waals surface area contributed by atoms with Gasteiger partial charge in [-0.2, -0.15) is 0 Å². The predicted octanol–water partition coefficient (Wildman–Crippen LogP) is 0.841. The molecule has 0 amide bonds. The fraction of sp³-hybridized carbons (Fsp3) is 0.462. The normalized spacial score (nSPS) is 10.2. The Hall–Kier alpha value is -1.39. The third-order valence-corrected chi connectivity index (χ3v) is 2.55. The molecule has 0 aliphatic rings. The Morgan fingerprint density at radius 3 is 2.71 bits per heavy atom. The summed E-state index contributed by atoms with van der Waals surface area (Å²) >= 11 is 0. The van der Waals surface area contributed by atoms with Gasteiger partial charge in [0.25, 0.3) is 0 Å². The van der Waals surface area contributed by atoms with Gasteiger partial charge in [-0.05, 0) is 30.6 Å². The first-order valence-electron chi connectivity index (χ1n) is 5.82. The molecule has 17 heavy (non-hydrogen) atoms. The Morgan fingerprint density at radius 2 is 2.06 bits per heavy atom. The Labute approximate surface area is 102 Å². The first-order chi connectivity index (χ1) is 8.27. The van der Waals surface area contributed by atoms with Crippen LogP contribution in [0.4, 0.5) is 0 Å². The van der Waals surface area contributed by atoms with Gasteiger partial charge in [-0.15, -0.1) is 0 Å². The molecule has 0 aliphatic heterocycles. The highest BCUT2D eigenvalue weighted by Gasteiger charge is 2.06. The second-order valence-corrected chi connectivity index (χ2v) is 3.84. The summed E-state index contributed by atoms with van der Waals surface area (Å²) in [6, 6.07) is 7.88. The van der Waals surface area contributed by atoms with Crippen molar-refractivity contribution in [2.75, 3.05) is 20.2 Å². The van der Waals surface area contributed by atoms with Crippen LogP contribution in [-0.4, -0.2) is 26.2 Å². The zero-order valence-corrected chi connectivity index (χ0v) is 10.2. The van der Waals surface area contributed by atoms with Crippen molar-refractivity contribution in [3.8, 4) is 0 Å². The maximum atomic E-state index is 11.3. The summed E-state index contributed by atoms with van der Waals surface area (Å²) in [6.45, 7) is 2.34. The quantitative estimate of drug-likeness (QED) is 0.544. The summed E-state index contributed by atoms with van der Waals surface area (Å²) in [5.41, 5.74) is 7.57. The Morgan fingerprint density at radius 1 is 1.35 bits per heavy atom. The largest absolute Gasteiger partial charge is 0.469 e. The summed E-state index contributed by atoms with van der Waals surface area (Å²) in [7, 11) is 1.41. The highest BCUT2D eigenvalue weighted by atomic mass is 16.5. The maximum Gasteiger partial charge on any atom is 0.309 e. The van der Waals surface area contributed by atoms with Crippen LogP contribution in [0.2, 0.25) is 0 Å². The van der Waals surface area contributed by atoms with E-state index in [0.717, 1.165) is 30.6 Å². The van der Waals surface area contributed by atoms with Gasteiger partial charge in [0.2, 0.25) is 0 Å². The fourth-order valence-electron chi connectivity index (χ4n) is 1.58. The number of benzene rings is 1. The van der Waals surface area contributed by atoms with Gasteiger partial charge >= 0.3 is 5.97 Å². The number of hydrogen-bond donors (Lipinski definition) is 2. The molecule has 3 N–H and O–H groups in total. The molecular weight excluding hydrogens is 216 g/mol. The standard InChI is InChI=1S/C13H20N2O2/c1-17-13(16)9-11-5-2-3-6-12(11)10-15-8-4-7-14/h2-3,5-6,15H,4,7-10,14H2,1H3. The molecule has 0 spiro atoms. The summed E-state index contributed by atoms with van der Waals surface area (Å²) in [5.74, 6) is -0.209. The molecule has 0 heterocycles. The molecule has 0 saturated heterocycles. The third kappa shape index (κ3) is 4.97. The molecule has 0 fully saturated rings. The van der Waals surface area contributed by atoms with Crippen molar-refractivity contribution in [1.82, 2.24) is 5.32 Å². The second-order valence-electron chi connectivity index (χ2n) is 3.84. The van der Waals surface area contributed by atoms with E-state index in [-0.39, 0.29) is 5.97 Å². The summed E-state index contributed by atoms with van der Waals surface area (Å²) in [6.07, 6.45) is 1.28. The number of hydrogen-bond acceptors (Lipinski definition) is 4. The van der Waals surface area contributed by atoms with Crippen molar-refractivity contribution < 1.29 is 9.53 Å². The van der Waals surface area contributed by atoms with Crippen LogP contribution < -0.4 is 11.1 Å². The van der Waals surface area contributed by atoms with E-state index < -0.39 is 0 Å². The first kappa shape index (κ1) is 13.7. The minimum Gasteiger partial charge on any atom is -0.469 e. The molecule has 0 bridgehead atoms. The predicted molar refractivity (Wildman–Crippen MR) is 67.5 cm³/mol. The molecule has 1 aromatic rings. The van der Waals surface area contributed by atoms with Crippen LogP contribution in [0.5, 0.6) is 0 Å². The highest BCUT2D eigenvalue weighted by Crippen LogP contribution is 2.09. The van der Waals surface area contributed by atoms with E-state index in [1.807, 2.05) is 24.3 Å². The summed E-state index contributed by atoms with van der Waals surface area (Å²) in [4.78, 5) is 11.3. The van der Waals surface area contributed by atoms with Crippen LogP contribution in [-0.2, 0) is 22.5 Å². The van der Waals surface area contributed by atoms with E-state index >= 15 is 0 Å². The zero-order valence-electron chi connectivity index (χ0n) is 10.2. The van der Waals surface area contributed by atoms with E-state index in [0.29, 0.717) is 13.0 Å². The fourth-order valence-corrected chi connectivity index (χ4v) is 1.58. The minimum atomic E-state index is -0.209. The van der Waals surface area contributed by atoms with Gasteiger partial charge in [-0.25, -0.2) is 0 Å². The van der Waals surface area contributed by atoms with Gasteiger partial charge in [-0.3, -0.25) is 4.79 Å². The van der Waals surface area contributed by atoms with Crippen molar-refractivity contribution >= 4 is 5.97 Å². The van der Waals surface area contributed by atoms with Gasteiger partial charge in [0.1, 0.15) is 0 Å². The smallest absolute Gasteiger partial charge is 0.309 e. The maximum absolute atomic E-state index is 11.3. The minimum absolute atomic E-state index is 0.209. The van der Waals surface area contributed by atoms with Gasteiger partial charge in [0, 0.05) is 6.54 Å². The molecule has 0 radical (unpaired) electrons. The molecule has 1 aromatic carbocycles.